The highest BCUT2D eigenvalue weighted by Gasteiger charge is 2.08. The second-order valence-corrected chi connectivity index (χ2v) is 5.36. The summed E-state index contributed by atoms with van der Waals surface area (Å²) in [5.74, 6) is 2.53. The molecule has 2 heterocycles. The van der Waals surface area contributed by atoms with Gasteiger partial charge in [0.2, 0.25) is 0 Å². The minimum Gasteiger partial charge on any atom is -0.384 e. The Morgan fingerprint density at radius 2 is 2.25 bits per heavy atom. The lowest BCUT2D eigenvalue weighted by molar-refractivity contribution is 0.314. The molecule has 0 unspecified atom stereocenters. The summed E-state index contributed by atoms with van der Waals surface area (Å²) in [4.78, 5) is 6.44. The van der Waals surface area contributed by atoms with E-state index in [0.717, 1.165) is 18.8 Å². The first-order valence-electron chi connectivity index (χ1n) is 5.50. The summed E-state index contributed by atoms with van der Waals surface area (Å²) >= 11 is 7.85. The number of hydrogen-bond acceptors (Lipinski definition) is 4. The van der Waals surface area contributed by atoms with E-state index >= 15 is 0 Å². The molecule has 0 aromatic carbocycles. The molecule has 1 N–H and O–H groups in total. The van der Waals surface area contributed by atoms with Gasteiger partial charge in [-0.05, 0) is 12.1 Å². The van der Waals surface area contributed by atoms with Crippen LogP contribution in [0.4, 0.5) is 5.69 Å². The number of pyridine rings is 1. The minimum atomic E-state index is 0.541. The Bertz CT molecular complexity index is 329. The summed E-state index contributed by atoms with van der Waals surface area (Å²) in [5, 5.41) is 3.90. The fourth-order valence-electron chi connectivity index (χ4n) is 1.70. The van der Waals surface area contributed by atoms with Crippen molar-refractivity contribution in [3.8, 4) is 0 Å². The van der Waals surface area contributed by atoms with Gasteiger partial charge in [-0.3, -0.25) is 4.90 Å². The molecule has 0 saturated carbocycles. The lowest BCUT2D eigenvalue weighted by atomic mass is 10.4. The van der Waals surface area contributed by atoms with Crippen LogP contribution < -0.4 is 5.32 Å². The van der Waals surface area contributed by atoms with Gasteiger partial charge in [0.05, 0.1) is 0 Å². The molecule has 1 aliphatic heterocycles. The van der Waals surface area contributed by atoms with E-state index in [-0.39, 0.29) is 0 Å². The van der Waals surface area contributed by atoms with Crippen LogP contribution in [0.1, 0.15) is 0 Å². The molecule has 1 saturated heterocycles. The van der Waals surface area contributed by atoms with Gasteiger partial charge < -0.3 is 5.32 Å². The second kappa shape index (κ2) is 6.33. The summed E-state index contributed by atoms with van der Waals surface area (Å²) in [5.41, 5.74) is 1.05. The number of aromatic nitrogens is 1. The molecule has 0 aliphatic carbocycles. The Labute approximate surface area is 106 Å². The maximum absolute atomic E-state index is 5.81. The monoisotopic (exact) mass is 257 g/mol. The van der Waals surface area contributed by atoms with Crippen LogP contribution in [-0.2, 0) is 0 Å². The molecular formula is C11H16ClN3S. The Kier molecular flexibility index (Phi) is 4.75. The van der Waals surface area contributed by atoms with E-state index in [9.17, 15) is 0 Å². The highest BCUT2D eigenvalue weighted by molar-refractivity contribution is 7.99. The largest absolute Gasteiger partial charge is 0.384 e. The highest BCUT2D eigenvalue weighted by atomic mass is 35.5. The predicted octanol–water partition coefficient (Wildman–Crippen LogP) is 2.20. The van der Waals surface area contributed by atoms with Crippen molar-refractivity contribution in [1.29, 1.82) is 0 Å². The van der Waals surface area contributed by atoms with Gasteiger partial charge in [0.15, 0.2) is 0 Å². The van der Waals surface area contributed by atoms with Crippen LogP contribution in [0.5, 0.6) is 0 Å². The predicted molar refractivity (Wildman–Crippen MR) is 71.5 cm³/mol. The third-order valence-corrected chi connectivity index (χ3v) is 3.74. The lowest BCUT2D eigenvalue weighted by Gasteiger charge is -2.26. The fraction of sp³-hybridized carbons (Fsp3) is 0.545. The smallest absolute Gasteiger partial charge is 0.131 e. The van der Waals surface area contributed by atoms with E-state index in [0.29, 0.717) is 5.15 Å². The van der Waals surface area contributed by atoms with Crippen molar-refractivity contribution in [2.24, 2.45) is 0 Å². The van der Waals surface area contributed by atoms with E-state index in [2.05, 4.69) is 15.2 Å². The molecule has 1 aromatic rings. The standard InChI is InChI=1S/C11H16ClN3S/c12-11-9-10(1-2-14-11)13-3-4-15-5-7-16-8-6-15/h1-2,9H,3-8H2,(H,13,14). The summed E-state index contributed by atoms with van der Waals surface area (Å²) in [6.45, 7) is 4.48. The van der Waals surface area contributed by atoms with E-state index < -0.39 is 0 Å². The molecule has 0 atom stereocenters. The quantitative estimate of drug-likeness (QED) is 0.837. The topological polar surface area (TPSA) is 28.2 Å². The SMILES string of the molecule is Clc1cc(NCCN2CCSCC2)ccn1. The minimum absolute atomic E-state index is 0.541. The first-order chi connectivity index (χ1) is 7.84. The zero-order valence-electron chi connectivity index (χ0n) is 9.16. The summed E-state index contributed by atoms with van der Waals surface area (Å²) in [6.07, 6.45) is 1.72. The van der Waals surface area contributed by atoms with E-state index in [1.54, 1.807) is 6.20 Å². The zero-order chi connectivity index (χ0) is 11.2. The van der Waals surface area contributed by atoms with Crippen molar-refractivity contribution in [3.63, 3.8) is 0 Å². The van der Waals surface area contributed by atoms with Crippen LogP contribution in [0.15, 0.2) is 18.3 Å². The van der Waals surface area contributed by atoms with Gasteiger partial charge in [-0.15, -0.1) is 0 Å². The van der Waals surface area contributed by atoms with Crippen molar-refractivity contribution < 1.29 is 0 Å². The average molecular weight is 258 g/mol. The third kappa shape index (κ3) is 3.85. The van der Waals surface area contributed by atoms with Crippen molar-refractivity contribution in [2.45, 2.75) is 0 Å². The molecule has 0 spiro atoms. The molecule has 1 fully saturated rings. The van der Waals surface area contributed by atoms with Crippen LogP contribution in [0.25, 0.3) is 0 Å². The van der Waals surface area contributed by atoms with Crippen molar-refractivity contribution in [2.75, 3.05) is 43.0 Å². The van der Waals surface area contributed by atoms with Gasteiger partial charge in [-0.2, -0.15) is 11.8 Å². The molecule has 0 radical (unpaired) electrons. The van der Waals surface area contributed by atoms with Gasteiger partial charge in [0.25, 0.3) is 0 Å². The van der Waals surface area contributed by atoms with E-state index in [1.165, 1.54) is 24.6 Å². The summed E-state index contributed by atoms with van der Waals surface area (Å²) in [7, 11) is 0. The number of hydrogen-bond donors (Lipinski definition) is 1. The molecular weight excluding hydrogens is 242 g/mol. The van der Waals surface area contributed by atoms with Gasteiger partial charge in [-0.1, -0.05) is 11.6 Å². The normalized spacial score (nSPS) is 17.3. The number of nitrogens with zero attached hydrogens (tertiary/aromatic N) is 2. The molecule has 1 aliphatic rings. The molecule has 2 rings (SSSR count). The number of nitrogens with one attached hydrogen (secondary N) is 1. The Morgan fingerprint density at radius 3 is 3.00 bits per heavy atom. The Balaban J connectivity index is 1.71. The number of thioether (sulfide) groups is 1. The highest BCUT2D eigenvalue weighted by Crippen LogP contribution is 2.12. The van der Waals surface area contributed by atoms with E-state index in [4.69, 9.17) is 11.6 Å². The molecule has 88 valence electrons. The molecule has 5 heteroatoms. The van der Waals surface area contributed by atoms with Crippen LogP contribution >= 0.6 is 23.4 Å². The summed E-state index contributed by atoms with van der Waals surface area (Å²) in [6, 6.07) is 3.80. The van der Waals surface area contributed by atoms with Crippen molar-refractivity contribution in [3.05, 3.63) is 23.5 Å². The number of anilines is 1. The first-order valence-corrected chi connectivity index (χ1v) is 7.03. The maximum atomic E-state index is 5.81. The van der Waals surface area contributed by atoms with Gasteiger partial charge in [0.1, 0.15) is 5.15 Å². The lowest BCUT2D eigenvalue weighted by Crippen LogP contribution is -2.36. The van der Waals surface area contributed by atoms with Crippen LogP contribution in [0.3, 0.4) is 0 Å². The van der Waals surface area contributed by atoms with E-state index in [1.807, 2.05) is 23.9 Å². The van der Waals surface area contributed by atoms with Gasteiger partial charge in [0, 0.05) is 49.6 Å². The van der Waals surface area contributed by atoms with Crippen molar-refractivity contribution in [1.82, 2.24) is 9.88 Å². The zero-order valence-corrected chi connectivity index (χ0v) is 10.7. The summed E-state index contributed by atoms with van der Waals surface area (Å²) < 4.78 is 0. The fourth-order valence-corrected chi connectivity index (χ4v) is 2.85. The first kappa shape index (κ1) is 12.0. The molecule has 16 heavy (non-hydrogen) atoms. The van der Waals surface area contributed by atoms with Crippen LogP contribution in [0, 0.1) is 0 Å². The van der Waals surface area contributed by atoms with Crippen LogP contribution in [0.2, 0.25) is 5.15 Å². The van der Waals surface area contributed by atoms with Crippen LogP contribution in [-0.4, -0.2) is 47.6 Å². The average Bonchev–Trinajstić information content (AvgIpc) is 2.30. The Morgan fingerprint density at radius 1 is 1.44 bits per heavy atom. The third-order valence-electron chi connectivity index (χ3n) is 2.59. The van der Waals surface area contributed by atoms with Gasteiger partial charge in [-0.25, -0.2) is 4.98 Å². The van der Waals surface area contributed by atoms with Gasteiger partial charge >= 0.3 is 0 Å². The molecule has 0 amide bonds. The molecule has 3 nitrogen and oxygen atoms in total. The Hall–Kier alpha value is -0.450. The molecule has 1 aromatic heterocycles. The maximum Gasteiger partial charge on any atom is 0.131 e. The number of halogens is 1. The molecule has 0 bridgehead atoms. The van der Waals surface area contributed by atoms with Crippen molar-refractivity contribution >= 4 is 29.1 Å². The number of rotatable bonds is 4. The second-order valence-electron chi connectivity index (χ2n) is 3.75.